The van der Waals surface area contributed by atoms with Gasteiger partial charge in [0.05, 0.1) is 17.2 Å². The molecule has 7 nitrogen and oxygen atoms in total. The second-order valence-electron chi connectivity index (χ2n) is 7.15. The van der Waals surface area contributed by atoms with E-state index < -0.39 is 15.8 Å². The summed E-state index contributed by atoms with van der Waals surface area (Å²) in [6, 6.07) is 7.39. The van der Waals surface area contributed by atoms with Crippen molar-refractivity contribution in [3.8, 4) is 11.3 Å². The summed E-state index contributed by atoms with van der Waals surface area (Å²) in [4.78, 5) is 17.1. The third kappa shape index (κ3) is 3.46. The minimum atomic E-state index is -3.53. The lowest BCUT2D eigenvalue weighted by Gasteiger charge is -2.18. The quantitative estimate of drug-likeness (QED) is 0.688. The molecule has 0 saturated heterocycles. The van der Waals surface area contributed by atoms with Gasteiger partial charge in [-0.2, -0.15) is 4.98 Å². The summed E-state index contributed by atoms with van der Waals surface area (Å²) in [5.74, 6) is -0.0284. The van der Waals surface area contributed by atoms with Crippen molar-refractivity contribution in [1.82, 2.24) is 10.3 Å². The zero-order valence-corrected chi connectivity index (χ0v) is 17.0. The highest BCUT2D eigenvalue weighted by atomic mass is 32.2. The number of fused-ring (bicyclic) bond motifs is 1. The van der Waals surface area contributed by atoms with Gasteiger partial charge < -0.3 is 9.73 Å². The van der Waals surface area contributed by atoms with Crippen molar-refractivity contribution in [1.29, 1.82) is 0 Å². The first-order valence-electron chi connectivity index (χ1n) is 9.10. The molecule has 0 radical (unpaired) electrons. The summed E-state index contributed by atoms with van der Waals surface area (Å²) >= 11 is 0. The molecular formula is C20H20FN3O4S. The molecule has 0 aliphatic heterocycles. The second-order valence-corrected chi connectivity index (χ2v) is 9.16. The monoisotopic (exact) mass is 417 g/mol. The predicted octanol–water partition coefficient (Wildman–Crippen LogP) is 3.27. The lowest BCUT2D eigenvalue weighted by atomic mass is 10.0. The first-order valence-corrected chi connectivity index (χ1v) is 10.9. The number of nitrogens with zero attached hydrogens (tertiary/aromatic N) is 2. The molecule has 3 aromatic rings. The minimum absolute atomic E-state index is 0.151. The van der Waals surface area contributed by atoms with Gasteiger partial charge in [0.25, 0.3) is 5.91 Å². The Labute approximate surface area is 167 Å². The fourth-order valence-corrected chi connectivity index (χ4v) is 3.75. The topological polar surface area (TPSA) is 92.5 Å². The van der Waals surface area contributed by atoms with Crippen molar-refractivity contribution in [2.45, 2.75) is 18.8 Å². The number of anilines is 1. The molecule has 152 valence electrons. The summed E-state index contributed by atoms with van der Waals surface area (Å²) in [6.45, 7) is 0. The number of carbonyl (C=O) groups excluding carboxylic acids is 1. The van der Waals surface area contributed by atoms with E-state index in [1.165, 1.54) is 38.4 Å². The maximum atomic E-state index is 13.3. The number of sulfonamides is 1. The number of halogens is 1. The molecule has 0 bridgehead atoms. The van der Waals surface area contributed by atoms with Gasteiger partial charge in [-0.15, -0.1) is 0 Å². The van der Waals surface area contributed by atoms with Crippen LogP contribution in [-0.4, -0.2) is 39.7 Å². The Morgan fingerprint density at radius 2 is 1.93 bits per heavy atom. The Morgan fingerprint density at radius 1 is 1.28 bits per heavy atom. The first-order chi connectivity index (χ1) is 13.7. The van der Waals surface area contributed by atoms with Gasteiger partial charge in [0.15, 0.2) is 0 Å². The van der Waals surface area contributed by atoms with Gasteiger partial charge in [-0.1, -0.05) is 0 Å². The van der Waals surface area contributed by atoms with Crippen LogP contribution in [0.1, 0.15) is 34.7 Å². The van der Waals surface area contributed by atoms with E-state index in [2.05, 4.69) is 10.3 Å². The van der Waals surface area contributed by atoms with Crippen LogP contribution < -0.4 is 9.62 Å². The molecule has 1 fully saturated rings. The summed E-state index contributed by atoms with van der Waals surface area (Å²) in [5.41, 5.74) is 1.73. The molecule has 29 heavy (non-hydrogen) atoms. The van der Waals surface area contributed by atoms with Crippen LogP contribution in [0.4, 0.5) is 10.2 Å². The summed E-state index contributed by atoms with van der Waals surface area (Å²) in [6.07, 6.45) is 2.96. The number of hydrogen-bond donors (Lipinski definition) is 1. The molecule has 9 heteroatoms. The lowest BCUT2D eigenvalue weighted by molar-refractivity contribution is 0.0964. The van der Waals surface area contributed by atoms with Crippen LogP contribution >= 0.6 is 0 Å². The van der Waals surface area contributed by atoms with E-state index in [0.29, 0.717) is 16.8 Å². The van der Waals surface area contributed by atoms with Gasteiger partial charge in [-0.05, 0) is 54.7 Å². The molecule has 2 aromatic heterocycles. The van der Waals surface area contributed by atoms with Gasteiger partial charge in [0.1, 0.15) is 17.4 Å². The summed E-state index contributed by atoms with van der Waals surface area (Å²) in [7, 11) is -0.572. The fourth-order valence-electron chi connectivity index (χ4n) is 3.29. The van der Waals surface area contributed by atoms with Gasteiger partial charge in [0.2, 0.25) is 15.7 Å². The van der Waals surface area contributed by atoms with Crippen LogP contribution in [-0.2, 0) is 10.0 Å². The maximum Gasteiger partial charge on any atom is 0.255 e. The number of nitrogens with one attached hydrogen (secondary N) is 1. The van der Waals surface area contributed by atoms with E-state index in [-0.39, 0.29) is 28.9 Å². The van der Waals surface area contributed by atoms with Gasteiger partial charge in [0, 0.05) is 19.7 Å². The Hall–Kier alpha value is -2.94. The molecule has 1 aliphatic carbocycles. The predicted molar refractivity (Wildman–Crippen MR) is 108 cm³/mol. The number of rotatable bonds is 5. The average molecular weight is 417 g/mol. The van der Waals surface area contributed by atoms with Gasteiger partial charge >= 0.3 is 0 Å². The normalized spacial score (nSPS) is 14.2. The third-order valence-corrected chi connectivity index (χ3v) is 6.23. The van der Waals surface area contributed by atoms with E-state index in [1.54, 1.807) is 6.07 Å². The van der Waals surface area contributed by atoms with Crippen molar-refractivity contribution >= 4 is 32.8 Å². The van der Waals surface area contributed by atoms with Crippen LogP contribution in [0.15, 0.2) is 34.7 Å². The Morgan fingerprint density at radius 3 is 2.48 bits per heavy atom. The smallest absolute Gasteiger partial charge is 0.255 e. The SMILES string of the molecule is CNC(=O)c1c(-c2ccc(F)cc2)oc2nc(N(C)S(C)(=O)=O)c(C3CC3)cc12. The highest BCUT2D eigenvalue weighted by Gasteiger charge is 2.33. The van der Waals surface area contributed by atoms with E-state index in [4.69, 9.17) is 4.42 Å². The number of hydrogen-bond acceptors (Lipinski definition) is 5. The fraction of sp³-hybridized carbons (Fsp3) is 0.300. The molecule has 0 atom stereocenters. The number of pyridine rings is 1. The summed E-state index contributed by atoms with van der Waals surface area (Å²) < 4.78 is 44.6. The number of furan rings is 1. The standard InChI is InChI=1S/C20H20FN3O4S/c1-22-19(25)16-15-10-14(11-4-5-11)18(24(2)29(3,26)27)23-20(15)28-17(16)12-6-8-13(21)9-7-12/h6-11H,4-5H2,1-3H3,(H,22,25). The van der Waals surface area contributed by atoms with Crippen LogP contribution in [0.5, 0.6) is 0 Å². The van der Waals surface area contributed by atoms with Crippen molar-refractivity contribution in [3.63, 3.8) is 0 Å². The van der Waals surface area contributed by atoms with Gasteiger partial charge in [-0.3, -0.25) is 9.10 Å². The Kier molecular flexibility index (Phi) is 4.57. The molecule has 1 saturated carbocycles. The second kappa shape index (κ2) is 6.84. The number of amides is 1. The number of carbonyl (C=O) groups is 1. The molecular weight excluding hydrogens is 397 g/mol. The third-order valence-electron chi connectivity index (χ3n) is 5.06. The Balaban J connectivity index is 2.00. The summed E-state index contributed by atoms with van der Waals surface area (Å²) in [5, 5.41) is 3.10. The van der Waals surface area contributed by atoms with Gasteiger partial charge in [-0.25, -0.2) is 12.8 Å². The number of aromatic nitrogens is 1. The molecule has 2 heterocycles. The minimum Gasteiger partial charge on any atom is -0.437 e. The van der Waals surface area contributed by atoms with Crippen molar-refractivity contribution < 1.29 is 22.0 Å². The molecule has 0 unspecified atom stereocenters. The molecule has 1 aromatic carbocycles. The lowest BCUT2D eigenvalue weighted by Crippen LogP contribution is -2.27. The van der Waals surface area contributed by atoms with E-state index >= 15 is 0 Å². The van der Waals surface area contributed by atoms with Crippen LogP contribution in [0.2, 0.25) is 0 Å². The highest BCUT2D eigenvalue weighted by Crippen LogP contribution is 2.46. The zero-order valence-electron chi connectivity index (χ0n) is 16.2. The highest BCUT2D eigenvalue weighted by molar-refractivity contribution is 7.92. The molecule has 0 spiro atoms. The van der Waals surface area contributed by atoms with Crippen LogP contribution in [0.25, 0.3) is 22.4 Å². The van der Waals surface area contributed by atoms with E-state index in [9.17, 15) is 17.6 Å². The largest absolute Gasteiger partial charge is 0.437 e. The number of benzene rings is 1. The van der Waals surface area contributed by atoms with Crippen LogP contribution in [0, 0.1) is 5.82 Å². The van der Waals surface area contributed by atoms with Crippen LogP contribution in [0.3, 0.4) is 0 Å². The zero-order chi connectivity index (χ0) is 20.9. The molecule has 1 amide bonds. The molecule has 1 N–H and O–H groups in total. The van der Waals surface area contributed by atoms with Crippen molar-refractivity contribution in [3.05, 3.63) is 47.3 Å². The molecule has 1 aliphatic rings. The van der Waals surface area contributed by atoms with E-state index in [0.717, 1.165) is 29.0 Å². The average Bonchev–Trinajstić information content (AvgIpc) is 3.46. The van der Waals surface area contributed by atoms with Crippen molar-refractivity contribution in [2.75, 3.05) is 24.7 Å². The Bertz CT molecular complexity index is 1210. The molecule has 4 rings (SSSR count). The first kappa shape index (κ1) is 19.4. The van der Waals surface area contributed by atoms with Crippen molar-refractivity contribution in [2.24, 2.45) is 0 Å². The maximum absolute atomic E-state index is 13.3. The van der Waals surface area contributed by atoms with E-state index in [1.807, 2.05) is 0 Å².